The Hall–Kier alpha value is -6.21. The number of carbonyl (C=O) groups excluding carboxylic acids is 4. The molecule has 13 nitrogen and oxygen atoms in total. The Morgan fingerprint density at radius 2 is 1.94 bits per heavy atom. The van der Waals surface area contributed by atoms with Crippen LogP contribution in [0.1, 0.15) is 38.8 Å². The van der Waals surface area contributed by atoms with Gasteiger partial charge >= 0.3 is 5.97 Å². The molecule has 0 aliphatic carbocycles. The summed E-state index contributed by atoms with van der Waals surface area (Å²) in [7, 11) is 1.30. The third-order valence-corrected chi connectivity index (χ3v) is 7.97. The van der Waals surface area contributed by atoms with E-state index in [2.05, 4.69) is 36.5 Å². The van der Waals surface area contributed by atoms with Crippen LogP contribution in [0, 0.1) is 0 Å². The van der Waals surface area contributed by atoms with Gasteiger partial charge in [-0.2, -0.15) is 4.68 Å². The molecule has 0 saturated carbocycles. The normalized spacial score (nSPS) is 14.5. The van der Waals surface area contributed by atoms with Crippen LogP contribution >= 0.6 is 11.6 Å². The van der Waals surface area contributed by atoms with E-state index in [0.717, 1.165) is 5.56 Å². The molecular weight excluding hydrogens is 648 g/mol. The standard InChI is InChI=1S/C35H29ClN8O5/c1-49-34(47)16-22-5-8-27-23-11-12-37-29(18-23)30(15-21-3-2-4-25(13-21)35(48)38-19-33(46)40-28(27)14-22)41-32(45)10-6-24-17-26(36)7-9-31(24)44-20-39-42-43-44/h2-14,17-18,20,30H,15-16,19H2,1H3,(H,38,48)(H,40,46)(H,41,45)/b10-6+. The molecule has 4 bridgehead atoms. The number of rotatable bonds is 6. The number of hydrogen-bond acceptors (Lipinski definition) is 9. The van der Waals surface area contributed by atoms with Gasteiger partial charge in [0.15, 0.2) is 0 Å². The molecular formula is C35H29ClN8O5. The van der Waals surface area contributed by atoms with Crippen LogP contribution in [0.3, 0.4) is 0 Å². The first-order valence-corrected chi connectivity index (χ1v) is 15.5. The molecule has 49 heavy (non-hydrogen) atoms. The van der Waals surface area contributed by atoms with Crippen molar-refractivity contribution in [1.82, 2.24) is 35.8 Å². The lowest BCUT2D eigenvalue weighted by atomic mass is 9.96. The summed E-state index contributed by atoms with van der Waals surface area (Å²) in [6.07, 6.45) is 6.36. The van der Waals surface area contributed by atoms with Crippen LogP contribution in [0.5, 0.6) is 0 Å². The van der Waals surface area contributed by atoms with Gasteiger partial charge in [-0.1, -0.05) is 35.9 Å². The van der Waals surface area contributed by atoms with Crippen molar-refractivity contribution in [2.45, 2.75) is 18.9 Å². The van der Waals surface area contributed by atoms with Crippen molar-refractivity contribution in [3.05, 3.63) is 124 Å². The van der Waals surface area contributed by atoms with E-state index >= 15 is 0 Å². The number of halogens is 1. The number of hydrogen-bond donors (Lipinski definition) is 3. The van der Waals surface area contributed by atoms with Gasteiger partial charge in [-0.15, -0.1) is 5.10 Å². The first-order chi connectivity index (χ1) is 23.7. The van der Waals surface area contributed by atoms with Crippen molar-refractivity contribution in [2.24, 2.45) is 0 Å². The SMILES string of the molecule is COC(=O)Cc1ccc2c(c1)NC(=O)CNC(=O)c1cccc(c1)CC(NC(=O)/C=C/c1cc(Cl)ccc1-n1cnnn1)c1cc-2ccn1. The van der Waals surface area contributed by atoms with Crippen LogP contribution in [-0.2, 0) is 32.0 Å². The number of nitrogens with one attached hydrogen (secondary N) is 3. The Kier molecular flexibility index (Phi) is 9.81. The van der Waals surface area contributed by atoms with Crippen molar-refractivity contribution >= 4 is 47.1 Å². The van der Waals surface area contributed by atoms with E-state index < -0.39 is 29.7 Å². The molecule has 2 aromatic heterocycles. The number of pyridine rings is 1. The quantitative estimate of drug-likeness (QED) is 0.178. The maximum absolute atomic E-state index is 13.5. The second-order valence-electron chi connectivity index (χ2n) is 11.1. The lowest BCUT2D eigenvalue weighted by Gasteiger charge is -2.19. The monoisotopic (exact) mass is 676 g/mol. The lowest BCUT2D eigenvalue weighted by Crippen LogP contribution is -2.33. The Balaban J connectivity index is 1.37. The molecule has 6 rings (SSSR count). The second-order valence-corrected chi connectivity index (χ2v) is 11.5. The van der Waals surface area contributed by atoms with Gasteiger partial charge in [0.2, 0.25) is 11.8 Å². The molecule has 14 heteroatoms. The molecule has 0 radical (unpaired) electrons. The number of carbonyl (C=O) groups is 4. The summed E-state index contributed by atoms with van der Waals surface area (Å²) in [5.74, 6) is -1.73. The second kappa shape index (κ2) is 14.7. The first-order valence-electron chi connectivity index (χ1n) is 15.1. The van der Waals surface area contributed by atoms with E-state index in [1.807, 2.05) is 12.1 Å². The van der Waals surface area contributed by atoms with Gasteiger partial charge in [0.05, 0.1) is 37.5 Å². The third-order valence-electron chi connectivity index (χ3n) is 7.74. The number of ether oxygens (including phenoxy) is 1. The van der Waals surface area contributed by atoms with Crippen LogP contribution in [-0.4, -0.2) is 62.5 Å². The van der Waals surface area contributed by atoms with Crippen LogP contribution in [0.25, 0.3) is 22.9 Å². The molecule has 0 fully saturated rings. The summed E-state index contributed by atoms with van der Waals surface area (Å²) in [5, 5.41) is 20.4. The van der Waals surface area contributed by atoms with Crippen molar-refractivity contribution in [3.8, 4) is 16.8 Å². The molecule has 3 N–H and O–H groups in total. The minimum absolute atomic E-state index is 0.00160. The summed E-state index contributed by atoms with van der Waals surface area (Å²) >= 11 is 6.25. The molecule has 0 saturated heterocycles. The fraction of sp³-hybridized carbons (Fsp3) is 0.143. The van der Waals surface area contributed by atoms with E-state index in [9.17, 15) is 19.2 Å². The Labute approximate surface area is 285 Å². The van der Waals surface area contributed by atoms with E-state index in [0.29, 0.717) is 56.3 Å². The highest BCUT2D eigenvalue weighted by molar-refractivity contribution is 6.30. The fourth-order valence-corrected chi connectivity index (χ4v) is 5.57. The van der Waals surface area contributed by atoms with Crippen LogP contribution in [0.4, 0.5) is 5.69 Å². The maximum Gasteiger partial charge on any atom is 0.309 e. The van der Waals surface area contributed by atoms with Gasteiger partial charge in [0.25, 0.3) is 5.91 Å². The number of esters is 1. The molecule has 1 aliphatic rings. The highest BCUT2D eigenvalue weighted by atomic mass is 35.5. The minimum Gasteiger partial charge on any atom is -0.469 e. The van der Waals surface area contributed by atoms with Crippen LogP contribution in [0.2, 0.25) is 5.02 Å². The molecule has 1 aliphatic heterocycles. The first kappa shape index (κ1) is 32.7. The Morgan fingerprint density at radius 1 is 1.06 bits per heavy atom. The van der Waals surface area contributed by atoms with Gasteiger partial charge in [-0.3, -0.25) is 24.2 Å². The molecule has 3 amide bonds. The van der Waals surface area contributed by atoms with Gasteiger partial charge in [0.1, 0.15) is 6.33 Å². The molecule has 1 unspecified atom stereocenters. The summed E-state index contributed by atoms with van der Waals surface area (Å²) in [5.41, 5.74) is 5.29. The third kappa shape index (κ3) is 8.03. The van der Waals surface area contributed by atoms with Crippen LogP contribution in [0.15, 0.2) is 91.4 Å². The largest absolute Gasteiger partial charge is 0.469 e. The molecule has 1 atom stereocenters. The van der Waals surface area contributed by atoms with Crippen molar-refractivity contribution in [1.29, 1.82) is 0 Å². The summed E-state index contributed by atoms with van der Waals surface area (Å²) in [6.45, 7) is -0.280. The van der Waals surface area contributed by atoms with E-state index in [1.165, 1.54) is 24.2 Å². The average Bonchev–Trinajstić information content (AvgIpc) is 3.64. The summed E-state index contributed by atoms with van der Waals surface area (Å²) < 4.78 is 6.28. The minimum atomic E-state index is -0.629. The number of amides is 3. The van der Waals surface area contributed by atoms with Crippen LogP contribution < -0.4 is 16.0 Å². The Bertz CT molecular complexity index is 2080. The average molecular weight is 677 g/mol. The number of methoxy groups -OCH3 is 1. The number of aromatic nitrogens is 5. The van der Waals surface area contributed by atoms with Gasteiger partial charge in [-0.05, 0) is 88.1 Å². The number of benzene rings is 3. The lowest BCUT2D eigenvalue weighted by molar-refractivity contribution is -0.139. The van der Waals surface area contributed by atoms with Crippen molar-refractivity contribution < 1.29 is 23.9 Å². The van der Waals surface area contributed by atoms with Gasteiger partial charge in [-0.25, -0.2) is 0 Å². The van der Waals surface area contributed by atoms with Crippen molar-refractivity contribution in [3.63, 3.8) is 0 Å². The predicted octanol–water partition coefficient (Wildman–Crippen LogP) is 3.89. The predicted molar refractivity (Wildman–Crippen MR) is 181 cm³/mol. The summed E-state index contributed by atoms with van der Waals surface area (Å²) in [4.78, 5) is 56.1. The van der Waals surface area contributed by atoms with Gasteiger partial charge < -0.3 is 20.7 Å². The molecule has 3 heterocycles. The highest BCUT2D eigenvalue weighted by Gasteiger charge is 2.20. The molecule has 5 aromatic rings. The smallest absolute Gasteiger partial charge is 0.309 e. The summed E-state index contributed by atoms with van der Waals surface area (Å²) in [6, 6.07) is 20.3. The van der Waals surface area contributed by atoms with E-state index in [1.54, 1.807) is 72.9 Å². The van der Waals surface area contributed by atoms with Crippen molar-refractivity contribution in [2.75, 3.05) is 19.0 Å². The zero-order chi connectivity index (χ0) is 34.3. The molecule has 3 aromatic carbocycles. The Morgan fingerprint density at radius 3 is 2.76 bits per heavy atom. The van der Waals surface area contributed by atoms with E-state index in [4.69, 9.17) is 16.3 Å². The number of fused-ring (bicyclic) bond motifs is 6. The van der Waals surface area contributed by atoms with Gasteiger partial charge in [0, 0.05) is 39.7 Å². The fourth-order valence-electron chi connectivity index (χ4n) is 5.39. The molecule has 0 spiro atoms. The zero-order valence-corrected chi connectivity index (χ0v) is 26.8. The number of tetrazole rings is 1. The maximum atomic E-state index is 13.5. The van der Waals surface area contributed by atoms with E-state index in [-0.39, 0.29) is 13.0 Å². The zero-order valence-electron chi connectivity index (χ0n) is 26.1. The number of anilines is 1. The highest BCUT2D eigenvalue weighted by Crippen LogP contribution is 2.31. The topological polar surface area (TPSA) is 170 Å². The molecule has 246 valence electrons. The number of nitrogens with zero attached hydrogens (tertiary/aromatic N) is 5.